The molecule has 0 saturated heterocycles. The fraction of sp³-hybridized carbons (Fsp3) is 0.211. The minimum atomic E-state index is -1.06. The molecular weight excluding hydrogens is 323 g/mol. The molecule has 25 heavy (non-hydrogen) atoms. The highest BCUT2D eigenvalue weighted by Crippen LogP contribution is 2.35. The second-order valence-corrected chi connectivity index (χ2v) is 6.34. The van der Waals surface area contributed by atoms with Crippen LogP contribution in [0, 0.1) is 11.2 Å². The molecule has 0 aromatic heterocycles. The summed E-state index contributed by atoms with van der Waals surface area (Å²) in [5.41, 5.74) is 6.17. The summed E-state index contributed by atoms with van der Waals surface area (Å²) >= 11 is 0. The smallest absolute Gasteiger partial charge is 0.248 e. The predicted molar refractivity (Wildman–Crippen MR) is 95.4 cm³/mol. The average Bonchev–Trinajstić information content (AvgIpc) is 2.57. The van der Waals surface area contributed by atoms with Gasteiger partial charge in [-0.15, -0.1) is 0 Å². The zero-order valence-corrected chi connectivity index (χ0v) is 14.0. The van der Waals surface area contributed by atoms with Gasteiger partial charge in [-0.1, -0.05) is 38.1 Å². The van der Waals surface area contributed by atoms with Gasteiger partial charge in [-0.05, 0) is 35.9 Å². The Balaban J connectivity index is 2.10. The third-order valence-electron chi connectivity index (χ3n) is 3.88. The first-order valence-electron chi connectivity index (χ1n) is 7.72. The molecule has 0 heterocycles. The minimum absolute atomic E-state index is 0.303. The summed E-state index contributed by atoms with van der Waals surface area (Å²) in [5.74, 6) is -1.69. The van der Waals surface area contributed by atoms with Crippen LogP contribution in [-0.4, -0.2) is 16.1 Å². The van der Waals surface area contributed by atoms with E-state index in [1.165, 1.54) is 24.3 Å². The van der Waals surface area contributed by atoms with E-state index in [2.05, 4.69) is 5.32 Å². The second kappa shape index (κ2) is 7.36. The number of aliphatic hydroxyl groups excluding tert-OH is 1. The summed E-state index contributed by atoms with van der Waals surface area (Å²) < 4.78 is 13.5. The third-order valence-corrected chi connectivity index (χ3v) is 3.88. The maximum atomic E-state index is 13.5. The fourth-order valence-electron chi connectivity index (χ4n) is 2.29. The molecule has 2 aromatic carbocycles. The van der Waals surface area contributed by atoms with Crippen molar-refractivity contribution in [3.8, 4) is 5.75 Å². The van der Waals surface area contributed by atoms with Crippen molar-refractivity contribution in [2.45, 2.75) is 20.0 Å². The number of para-hydroxylation sites is 2. The number of carbonyl (C=O) groups excluding carboxylic acids is 1. The first-order valence-corrected chi connectivity index (χ1v) is 7.72. The molecule has 2 rings (SSSR count). The zero-order chi connectivity index (χ0) is 18.6. The van der Waals surface area contributed by atoms with Crippen LogP contribution in [0.15, 0.2) is 54.6 Å². The highest BCUT2D eigenvalue weighted by molar-refractivity contribution is 6.01. The van der Waals surface area contributed by atoms with Gasteiger partial charge >= 0.3 is 0 Å². The van der Waals surface area contributed by atoms with Crippen molar-refractivity contribution in [1.29, 1.82) is 0 Å². The maximum Gasteiger partial charge on any atom is 0.248 e. The quantitative estimate of drug-likeness (QED) is 0.494. The number of hydrogen-bond donors (Lipinski definition) is 4. The third kappa shape index (κ3) is 4.58. The molecule has 0 spiro atoms. The van der Waals surface area contributed by atoms with Crippen molar-refractivity contribution in [2.75, 3.05) is 11.1 Å². The van der Waals surface area contributed by atoms with E-state index in [-0.39, 0.29) is 0 Å². The average molecular weight is 344 g/mol. The predicted octanol–water partition coefficient (Wildman–Crippen LogP) is 3.37. The molecule has 1 atom stereocenters. The van der Waals surface area contributed by atoms with Gasteiger partial charge in [-0.25, -0.2) is 4.39 Å². The van der Waals surface area contributed by atoms with Crippen LogP contribution in [0.4, 0.5) is 15.8 Å². The highest BCUT2D eigenvalue weighted by Gasteiger charge is 2.27. The van der Waals surface area contributed by atoms with Crippen LogP contribution < -0.4 is 11.1 Å². The number of nitrogens with one attached hydrogen (secondary N) is 1. The molecule has 0 bridgehead atoms. The van der Waals surface area contributed by atoms with Crippen molar-refractivity contribution < 1.29 is 19.4 Å². The van der Waals surface area contributed by atoms with E-state index in [0.717, 1.165) is 6.07 Å². The Morgan fingerprint density at radius 2 is 1.96 bits per heavy atom. The number of amides is 1. The number of halogens is 1. The number of phenolic OH excluding ortho intramolecular Hbond substituents is 1. The van der Waals surface area contributed by atoms with Gasteiger partial charge in [0.1, 0.15) is 0 Å². The first-order chi connectivity index (χ1) is 11.7. The van der Waals surface area contributed by atoms with Crippen LogP contribution >= 0.6 is 0 Å². The van der Waals surface area contributed by atoms with E-state index in [4.69, 9.17) is 5.73 Å². The summed E-state index contributed by atoms with van der Waals surface area (Å²) in [4.78, 5) is 12.0. The molecule has 5 N–H and O–H groups in total. The van der Waals surface area contributed by atoms with Gasteiger partial charge in [-0.3, -0.25) is 4.79 Å². The van der Waals surface area contributed by atoms with Crippen molar-refractivity contribution in [3.63, 3.8) is 0 Å². The fourth-order valence-corrected chi connectivity index (χ4v) is 2.29. The van der Waals surface area contributed by atoms with Crippen LogP contribution in [0.3, 0.4) is 0 Å². The van der Waals surface area contributed by atoms with Gasteiger partial charge in [-0.2, -0.15) is 0 Å². The van der Waals surface area contributed by atoms with E-state index in [0.29, 0.717) is 16.9 Å². The van der Waals surface area contributed by atoms with E-state index >= 15 is 0 Å². The number of benzene rings is 2. The van der Waals surface area contributed by atoms with E-state index < -0.39 is 29.0 Å². The molecule has 0 aliphatic heterocycles. The number of aliphatic hydroxyl groups is 1. The molecule has 0 saturated carbocycles. The Morgan fingerprint density at radius 1 is 1.28 bits per heavy atom. The number of phenols is 1. The van der Waals surface area contributed by atoms with Gasteiger partial charge < -0.3 is 21.3 Å². The van der Waals surface area contributed by atoms with E-state index in [1.807, 2.05) is 0 Å². The molecule has 0 unspecified atom stereocenters. The molecule has 132 valence electrons. The standard InChI is InChI=1S/C19H21FN2O3/c1-19(2,18(25)12-7-8-16(23)13(20)11-12)10-9-17(24)22-15-6-4-3-5-14(15)21/h3-11,18,23,25H,21H2,1-2H3,(H,22,24)/b10-9+/t18-/m0/s1. The molecule has 0 aliphatic rings. The number of rotatable bonds is 5. The van der Waals surface area contributed by atoms with Crippen molar-refractivity contribution in [1.82, 2.24) is 0 Å². The number of nitrogens with two attached hydrogens (primary N) is 1. The number of nitrogen functional groups attached to an aromatic ring is 1. The van der Waals surface area contributed by atoms with Crippen molar-refractivity contribution >= 4 is 17.3 Å². The Morgan fingerprint density at radius 3 is 2.60 bits per heavy atom. The van der Waals surface area contributed by atoms with Crippen LogP contribution in [0.5, 0.6) is 5.75 Å². The van der Waals surface area contributed by atoms with Gasteiger partial charge in [0.25, 0.3) is 0 Å². The van der Waals surface area contributed by atoms with Crippen LogP contribution in [0.25, 0.3) is 0 Å². The summed E-state index contributed by atoms with van der Waals surface area (Å²) in [5, 5.41) is 22.3. The molecule has 0 radical (unpaired) electrons. The van der Waals surface area contributed by atoms with Crippen molar-refractivity contribution in [2.24, 2.45) is 5.41 Å². The topological polar surface area (TPSA) is 95.6 Å². The molecule has 0 fully saturated rings. The lowest BCUT2D eigenvalue weighted by molar-refractivity contribution is -0.112. The lowest BCUT2D eigenvalue weighted by Crippen LogP contribution is -2.21. The van der Waals surface area contributed by atoms with Crippen LogP contribution in [0.2, 0.25) is 0 Å². The monoisotopic (exact) mass is 344 g/mol. The molecule has 0 aliphatic carbocycles. The van der Waals surface area contributed by atoms with E-state index in [1.54, 1.807) is 38.1 Å². The SMILES string of the molecule is CC(C)(/C=C/C(=O)Nc1ccccc1N)[C@@H](O)c1ccc(O)c(F)c1. The van der Waals surface area contributed by atoms with Gasteiger partial charge in [0, 0.05) is 5.41 Å². The molecule has 5 nitrogen and oxygen atoms in total. The second-order valence-electron chi connectivity index (χ2n) is 6.34. The molecule has 2 aromatic rings. The first kappa shape index (κ1) is 18.5. The zero-order valence-electron chi connectivity index (χ0n) is 14.0. The lowest BCUT2D eigenvalue weighted by Gasteiger charge is -2.27. The maximum absolute atomic E-state index is 13.5. The summed E-state index contributed by atoms with van der Waals surface area (Å²) in [7, 11) is 0. The molecule has 1 amide bonds. The normalized spacial score (nSPS) is 13.0. The largest absolute Gasteiger partial charge is 0.505 e. The number of aromatic hydroxyl groups is 1. The Labute approximate surface area is 145 Å². The van der Waals surface area contributed by atoms with E-state index in [9.17, 15) is 19.4 Å². The van der Waals surface area contributed by atoms with Gasteiger partial charge in [0.2, 0.25) is 5.91 Å². The van der Waals surface area contributed by atoms with Crippen LogP contribution in [-0.2, 0) is 4.79 Å². The molecule has 6 heteroatoms. The highest BCUT2D eigenvalue weighted by atomic mass is 19.1. The van der Waals surface area contributed by atoms with Gasteiger partial charge in [0.15, 0.2) is 11.6 Å². The Bertz CT molecular complexity index is 803. The van der Waals surface area contributed by atoms with Crippen LogP contribution in [0.1, 0.15) is 25.5 Å². The summed E-state index contributed by atoms with van der Waals surface area (Å²) in [6, 6.07) is 10.6. The summed E-state index contributed by atoms with van der Waals surface area (Å²) in [6.07, 6.45) is 1.78. The summed E-state index contributed by atoms with van der Waals surface area (Å²) in [6.45, 7) is 3.42. The number of carbonyl (C=O) groups is 1. The number of hydrogen-bond acceptors (Lipinski definition) is 4. The molecular formula is C19H21FN2O3. The Hall–Kier alpha value is -2.86. The Kier molecular flexibility index (Phi) is 5.44. The lowest BCUT2D eigenvalue weighted by atomic mass is 9.82. The minimum Gasteiger partial charge on any atom is -0.505 e. The number of anilines is 2. The van der Waals surface area contributed by atoms with Gasteiger partial charge in [0.05, 0.1) is 17.5 Å². The van der Waals surface area contributed by atoms with Crippen molar-refractivity contribution in [3.05, 3.63) is 66.0 Å².